The monoisotopic (exact) mass is 330 g/mol. The van der Waals surface area contributed by atoms with Gasteiger partial charge in [-0.15, -0.1) is 11.3 Å². The van der Waals surface area contributed by atoms with Gasteiger partial charge in [-0.05, 0) is 40.6 Å². The third kappa shape index (κ3) is 2.79. The molecule has 1 amide bonds. The van der Waals surface area contributed by atoms with E-state index in [1.54, 1.807) is 24.5 Å². The summed E-state index contributed by atoms with van der Waals surface area (Å²) in [6, 6.07) is 22.0. The van der Waals surface area contributed by atoms with Gasteiger partial charge >= 0.3 is 0 Å². The summed E-state index contributed by atoms with van der Waals surface area (Å²) >= 11 is 1.50. The number of anilines is 1. The van der Waals surface area contributed by atoms with Crippen molar-refractivity contribution in [2.45, 2.75) is 0 Å². The first-order chi connectivity index (χ1) is 11.8. The lowest BCUT2D eigenvalue weighted by molar-refractivity contribution is 0.103. The largest absolute Gasteiger partial charge is 0.321 e. The van der Waals surface area contributed by atoms with E-state index in [9.17, 15) is 4.79 Å². The number of pyridine rings is 1. The van der Waals surface area contributed by atoms with Crippen molar-refractivity contribution in [2.75, 3.05) is 5.32 Å². The molecule has 0 bridgehead atoms. The van der Waals surface area contributed by atoms with Gasteiger partial charge in [0.25, 0.3) is 5.91 Å². The first-order valence-corrected chi connectivity index (χ1v) is 8.42. The van der Waals surface area contributed by atoms with Gasteiger partial charge in [0.05, 0.1) is 4.88 Å². The molecule has 2 aromatic carbocycles. The van der Waals surface area contributed by atoms with Crippen LogP contribution in [-0.2, 0) is 0 Å². The van der Waals surface area contributed by atoms with Gasteiger partial charge in [0.15, 0.2) is 0 Å². The molecule has 0 aliphatic heterocycles. The maximum absolute atomic E-state index is 12.4. The number of rotatable bonds is 3. The zero-order chi connectivity index (χ0) is 16.4. The summed E-state index contributed by atoms with van der Waals surface area (Å²) in [4.78, 5) is 18.1. The number of carbonyl (C=O) groups is 1. The Labute approximate surface area is 143 Å². The maximum Gasteiger partial charge on any atom is 0.265 e. The molecule has 0 spiro atoms. The molecule has 0 fully saturated rings. The van der Waals surface area contributed by atoms with E-state index >= 15 is 0 Å². The van der Waals surface area contributed by atoms with Crippen molar-refractivity contribution in [1.82, 2.24) is 4.98 Å². The number of hydrogen-bond acceptors (Lipinski definition) is 3. The molecule has 0 saturated heterocycles. The predicted molar refractivity (Wildman–Crippen MR) is 99.5 cm³/mol. The highest BCUT2D eigenvalue weighted by atomic mass is 32.1. The van der Waals surface area contributed by atoms with E-state index in [1.807, 2.05) is 30.3 Å². The summed E-state index contributed by atoms with van der Waals surface area (Å²) in [7, 11) is 0. The first-order valence-electron chi connectivity index (χ1n) is 7.60. The molecule has 24 heavy (non-hydrogen) atoms. The lowest BCUT2D eigenvalue weighted by atomic mass is 10.0. The van der Waals surface area contributed by atoms with E-state index in [2.05, 4.69) is 34.6 Å². The number of fused-ring (bicyclic) bond motifs is 1. The molecular formula is C20H14N2OS. The average Bonchev–Trinajstić information content (AvgIpc) is 3.12. The van der Waals surface area contributed by atoms with E-state index in [-0.39, 0.29) is 5.91 Å². The van der Waals surface area contributed by atoms with E-state index in [1.165, 1.54) is 22.1 Å². The Bertz CT molecular complexity index is 1000. The molecule has 1 N–H and O–H groups in total. The molecular weight excluding hydrogens is 316 g/mol. The number of thiophene rings is 1. The van der Waals surface area contributed by atoms with Crippen LogP contribution in [0.4, 0.5) is 5.69 Å². The highest BCUT2D eigenvalue weighted by Crippen LogP contribution is 2.33. The molecule has 2 aromatic heterocycles. The van der Waals surface area contributed by atoms with Crippen LogP contribution in [0.1, 0.15) is 9.67 Å². The predicted octanol–water partition coefficient (Wildman–Crippen LogP) is 5.22. The van der Waals surface area contributed by atoms with E-state index in [0.29, 0.717) is 4.88 Å². The van der Waals surface area contributed by atoms with Gasteiger partial charge in [0.1, 0.15) is 0 Å². The second-order valence-corrected chi connectivity index (χ2v) is 6.46. The van der Waals surface area contributed by atoms with Crippen LogP contribution in [-0.4, -0.2) is 10.9 Å². The fourth-order valence-corrected chi connectivity index (χ4v) is 3.61. The van der Waals surface area contributed by atoms with E-state index in [0.717, 1.165) is 16.1 Å². The van der Waals surface area contributed by atoms with Crippen molar-refractivity contribution >= 4 is 33.7 Å². The average molecular weight is 330 g/mol. The summed E-state index contributed by atoms with van der Waals surface area (Å²) < 4.78 is 0. The Hall–Kier alpha value is -2.98. The smallest absolute Gasteiger partial charge is 0.265 e. The van der Waals surface area contributed by atoms with E-state index in [4.69, 9.17) is 0 Å². The summed E-state index contributed by atoms with van der Waals surface area (Å²) in [5.74, 6) is -0.0994. The number of benzene rings is 2. The molecule has 4 heteroatoms. The Morgan fingerprint density at radius 2 is 1.67 bits per heavy atom. The molecule has 0 unspecified atom stereocenters. The minimum atomic E-state index is -0.0994. The van der Waals surface area contributed by atoms with Crippen LogP contribution >= 0.6 is 11.3 Å². The van der Waals surface area contributed by atoms with Crippen molar-refractivity contribution in [2.24, 2.45) is 0 Å². The van der Waals surface area contributed by atoms with Crippen LogP contribution < -0.4 is 5.32 Å². The molecule has 0 saturated carbocycles. The zero-order valence-electron chi connectivity index (χ0n) is 12.8. The number of nitrogens with zero attached hydrogens (tertiary/aromatic N) is 1. The molecule has 0 aliphatic carbocycles. The van der Waals surface area contributed by atoms with E-state index < -0.39 is 0 Å². The number of carbonyl (C=O) groups excluding carboxylic acids is 1. The van der Waals surface area contributed by atoms with Crippen molar-refractivity contribution in [1.29, 1.82) is 0 Å². The minimum absolute atomic E-state index is 0.0994. The minimum Gasteiger partial charge on any atom is -0.321 e. The third-order valence-corrected chi connectivity index (χ3v) is 4.94. The van der Waals surface area contributed by atoms with Crippen LogP contribution in [0.3, 0.4) is 0 Å². The van der Waals surface area contributed by atoms with Crippen LogP contribution in [0, 0.1) is 0 Å². The lowest BCUT2D eigenvalue weighted by Gasteiger charge is -2.04. The summed E-state index contributed by atoms with van der Waals surface area (Å²) in [5.41, 5.74) is 1.90. The molecule has 3 nitrogen and oxygen atoms in total. The second-order valence-electron chi connectivity index (χ2n) is 5.38. The molecule has 116 valence electrons. The van der Waals surface area contributed by atoms with Crippen molar-refractivity contribution in [3.63, 3.8) is 0 Å². The first kappa shape index (κ1) is 14.6. The fraction of sp³-hybridized carbons (Fsp3) is 0. The highest BCUT2D eigenvalue weighted by molar-refractivity contribution is 7.17. The van der Waals surface area contributed by atoms with Crippen LogP contribution in [0.25, 0.3) is 21.2 Å². The Kier molecular flexibility index (Phi) is 3.81. The normalized spacial score (nSPS) is 10.7. The highest BCUT2D eigenvalue weighted by Gasteiger charge is 2.12. The number of aromatic nitrogens is 1. The Morgan fingerprint density at radius 1 is 0.875 bits per heavy atom. The van der Waals surface area contributed by atoms with Crippen molar-refractivity contribution in [3.8, 4) is 10.4 Å². The van der Waals surface area contributed by atoms with Crippen LogP contribution in [0.15, 0.2) is 79.1 Å². The summed E-state index contributed by atoms with van der Waals surface area (Å²) in [6.45, 7) is 0. The topological polar surface area (TPSA) is 42.0 Å². The van der Waals surface area contributed by atoms with Gasteiger partial charge in [-0.25, -0.2) is 0 Å². The number of amides is 1. The Morgan fingerprint density at radius 3 is 2.54 bits per heavy atom. The molecule has 0 aliphatic rings. The zero-order valence-corrected chi connectivity index (χ0v) is 13.6. The molecule has 4 rings (SSSR count). The molecule has 4 aromatic rings. The second kappa shape index (κ2) is 6.26. The van der Waals surface area contributed by atoms with Gasteiger partial charge in [0, 0.05) is 23.0 Å². The maximum atomic E-state index is 12.4. The van der Waals surface area contributed by atoms with Crippen molar-refractivity contribution in [3.05, 3.63) is 84.0 Å². The molecule has 2 heterocycles. The van der Waals surface area contributed by atoms with Crippen molar-refractivity contribution < 1.29 is 4.79 Å². The Balaban J connectivity index is 1.66. The van der Waals surface area contributed by atoms with Gasteiger partial charge in [0.2, 0.25) is 0 Å². The number of nitrogens with one attached hydrogen (secondary N) is 1. The third-order valence-electron chi connectivity index (χ3n) is 3.82. The van der Waals surface area contributed by atoms with Gasteiger partial charge < -0.3 is 5.32 Å². The quantitative estimate of drug-likeness (QED) is 0.560. The summed E-state index contributed by atoms with van der Waals surface area (Å²) in [5, 5.41) is 5.29. The van der Waals surface area contributed by atoms with Crippen LogP contribution in [0.5, 0.6) is 0 Å². The number of hydrogen-bond donors (Lipinski definition) is 1. The molecule has 0 radical (unpaired) electrons. The molecule has 0 atom stereocenters. The lowest BCUT2D eigenvalue weighted by Crippen LogP contribution is -2.09. The van der Waals surface area contributed by atoms with Crippen LogP contribution in [0.2, 0.25) is 0 Å². The fourth-order valence-electron chi connectivity index (χ4n) is 2.67. The standard InChI is InChI=1S/C20H14N2OS/c23-20(22-15-10-12-21-13-11-15)19-9-8-18(24-19)17-7-3-5-14-4-1-2-6-16(14)17/h1-13H,(H,21,22,23). The summed E-state index contributed by atoms with van der Waals surface area (Å²) in [6.07, 6.45) is 3.32. The van der Waals surface area contributed by atoms with Gasteiger partial charge in [-0.2, -0.15) is 0 Å². The van der Waals surface area contributed by atoms with Gasteiger partial charge in [-0.3, -0.25) is 9.78 Å². The SMILES string of the molecule is O=C(Nc1ccncc1)c1ccc(-c2cccc3ccccc23)s1. The van der Waals surface area contributed by atoms with Gasteiger partial charge in [-0.1, -0.05) is 42.5 Å².